The molecule has 78 valence electrons. The van der Waals surface area contributed by atoms with Gasteiger partial charge in [-0.2, -0.15) is 0 Å². The third-order valence-corrected chi connectivity index (χ3v) is 2.80. The van der Waals surface area contributed by atoms with Crippen LogP contribution in [0.2, 0.25) is 0 Å². The van der Waals surface area contributed by atoms with Gasteiger partial charge in [0, 0.05) is 17.8 Å². The highest BCUT2D eigenvalue weighted by atomic mass is 35.5. The molecule has 3 heteroatoms. The Morgan fingerprint density at radius 3 is 2.15 bits per heavy atom. The molecule has 0 aliphatic rings. The second-order valence-electron chi connectivity index (χ2n) is 4.65. The molecule has 0 aliphatic heterocycles. The fourth-order valence-corrected chi connectivity index (χ4v) is 0.782. The topological polar surface area (TPSA) is 29.1 Å². The molecular formula is C10H20ClNO. The SMILES string of the molecule is CC(CCl)C(=O)NC(C)C(C)(C)C. The van der Waals surface area contributed by atoms with Crippen LogP contribution in [-0.4, -0.2) is 17.8 Å². The van der Waals surface area contributed by atoms with Crippen LogP contribution in [0, 0.1) is 11.3 Å². The van der Waals surface area contributed by atoms with Crippen LogP contribution in [0.15, 0.2) is 0 Å². The van der Waals surface area contributed by atoms with Gasteiger partial charge < -0.3 is 5.32 Å². The number of hydrogen-bond donors (Lipinski definition) is 1. The third-order valence-electron chi connectivity index (χ3n) is 2.34. The van der Waals surface area contributed by atoms with Gasteiger partial charge in [0.25, 0.3) is 0 Å². The Labute approximate surface area is 86.0 Å². The smallest absolute Gasteiger partial charge is 0.224 e. The second kappa shape index (κ2) is 4.85. The van der Waals surface area contributed by atoms with Crippen LogP contribution in [0.4, 0.5) is 0 Å². The first-order valence-electron chi connectivity index (χ1n) is 4.65. The van der Waals surface area contributed by atoms with E-state index < -0.39 is 0 Å². The molecule has 0 bridgehead atoms. The molecule has 0 aromatic heterocycles. The molecule has 2 nitrogen and oxygen atoms in total. The molecular weight excluding hydrogens is 186 g/mol. The highest BCUT2D eigenvalue weighted by Gasteiger charge is 2.23. The molecule has 2 unspecified atom stereocenters. The lowest BCUT2D eigenvalue weighted by atomic mass is 9.88. The second-order valence-corrected chi connectivity index (χ2v) is 4.96. The van der Waals surface area contributed by atoms with E-state index in [1.54, 1.807) is 0 Å². The van der Waals surface area contributed by atoms with Crippen molar-refractivity contribution in [3.8, 4) is 0 Å². The Kier molecular flexibility index (Phi) is 4.76. The van der Waals surface area contributed by atoms with Gasteiger partial charge in [0.15, 0.2) is 0 Å². The minimum atomic E-state index is -0.105. The van der Waals surface area contributed by atoms with Crippen molar-refractivity contribution in [1.82, 2.24) is 5.32 Å². The van der Waals surface area contributed by atoms with E-state index in [0.717, 1.165) is 0 Å². The van der Waals surface area contributed by atoms with Crippen molar-refractivity contribution in [2.45, 2.75) is 40.7 Å². The van der Waals surface area contributed by atoms with Gasteiger partial charge in [0.2, 0.25) is 5.91 Å². The first-order chi connectivity index (χ1) is 5.79. The molecule has 0 spiro atoms. The van der Waals surface area contributed by atoms with Crippen molar-refractivity contribution < 1.29 is 4.79 Å². The average molecular weight is 206 g/mol. The molecule has 13 heavy (non-hydrogen) atoms. The highest BCUT2D eigenvalue weighted by Crippen LogP contribution is 2.18. The largest absolute Gasteiger partial charge is 0.353 e. The van der Waals surface area contributed by atoms with Gasteiger partial charge in [-0.3, -0.25) is 4.79 Å². The Hall–Kier alpha value is -0.240. The zero-order valence-corrected chi connectivity index (χ0v) is 9.90. The van der Waals surface area contributed by atoms with Gasteiger partial charge in [-0.1, -0.05) is 27.7 Å². The number of carbonyl (C=O) groups is 1. The van der Waals surface area contributed by atoms with Gasteiger partial charge in [-0.15, -0.1) is 11.6 Å². The number of hydrogen-bond acceptors (Lipinski definition) is 1. The van der Waals surface area contributed by atoms with Crippen LogP contribution in [0.3, 0.4) is 0 Å². The van der Waals surface area contributed by atoms with E-state index in [1.165, 1.54) is 0 Å². The van der Waals surface area contributed by atoms with E-state index in [0.29, 0.717) is 5.88 Å². The maximum atomic E-state index is 11.4. The predicted molar refractivity (Wildman–Crippen MR) is 56.9 cm³/mol. The van der Waals surface area contributed by atoms with Crippen LogP contribution in [0.25, 0.3) is 0 Å². The molecule has 0 heterocycles. The standard InChI is InChI=1S/C10H20ClNO/c1-7(6-11)9(13)12-8(2)10(3,4)5/h7-8H,6H2,1-5H3,(H,12,13). The minimum Gasteiger partial charge on any atom is -0.353 e. The molecule has 0 aliphatic carbocycles. The maximum absolute atomic E-state index is 11.4. The Morgan fingerprint density at radius 2 is 1.85 bits per heavy atom. The lowest BCUT2D eigenvalue weighted by Crippen LogP contribution is -2.43. The van der Waals surface area contributed by atoms with Crippen LogP contribution in [-0.2, 0) is 4.79 Å². The normalized spacial score (nSPS) is 16.5. The first-order valence-corrected chi connectivity index (χ1v) is 5.18. The fourth-order valence-electron chi connectivity index (χ4n) is 0.642. The molecule has 0 radical (unpaired) electrons. The number of carbonyl (C=O) groups excluding carboxylic acids is 1. The van der Waals surface area contributed by atoms with Crippen LogP contribution < -0.4 is 5.32 Å². The van der Waals surface area contributed by atoms with E-state index in [1.807, 2.05) is 13.8 Å². The number of rotatable bonds is 3. The summed E-state index contributed by atoms with van der Waals surface area (Å²) in [6.45, 7) is 10.1. The summed E-state index contributed by atoms with van der Waals surface area (Å²) in [5, 5.41) is 2.95. The average Bonchev–Trinajstić information content (AvgIpc) is 2.01. The van der Waals surface area contributed by atoms with E-state index in [2.05, 4.69) is 26.1 Å². The monoisotopic (exact) mass is 205 g/mol. The summed E-state index contributed by atoms with van der Waals surface area (Å²) in [4.78, 5) is 11.4. The molecule has 0 rings (SSSR count). The van der Waals surface area contributed by atoms with Gasteiger partial charge in [-0.25, -0.2) is 0 Å². The van der Waals surface area contributed by atoms with Gasteiger partial charge in [0.05, 0.1) is 0 Å². The predicted octanol–water partition coefficient (Wildman–Crippen LogP) is 2.41. The van der Waals surface area contributed by atoms with Crippen molar-refractivity contribution in [2.24, 2.45) is 11.3 Å². The van der Waals surface area contributed by atoms with Crippen molar-refractivity contribution in [2.75, 3.05) is 5.88 Å². The maximum Gasteiger partial charge on any atom is 0.224 e. The summed E-state index contributed by atoms with van der Waals surface area (Å²) in [5.41, 5.74) is 0.0989. The Bertz CT molecular complexity index is 174. The van der Waals surface area contributed by atoms with Crippen LogP contribution in [0.5, 0.6) is 0 Å². The molecule has 1 amide bonds. The molecule has 0 saturated heterocycles. The van der Waals surface area contributed by atoms with Crippen molar-refractivity contribution in [3.05, 3.63) is 0 Å². The fraction of sp³-hybridized carbons (Fsp3) is 0.900. The zero-order valence-electron chi connectivity index (χ0n) is 9.15. The summed E-state index contributed by atoms with van der Waals surface area (Å²) in [6, 6.07) is 0.172. The van der Waals surface area contributed by atoms with Crippen LogP contribution >= 0.6 is 11.6 Å². The number of alkyl halides is 1. The molecule has 2 atom stereocenters. The lowest BCUT2D eigenvalue weighted by molar-refractivity contribution is -0.125. The summed E-state index contributed by atoms with van der Waals surface area (Å²) < 4.78 is 0. The molecule has 0 aromatic rings. The first kappa shape index (κ1) is 12.8. The van der Waals surface area contributed by atoms with E-state index in [-0.39, 0.29) is 23.3 Å². The van der Waals surface area contributed by atoms with Crippen molar-refractivity contribution in [3.63, 3.8) is 0 Å². The summed E-state index contributed by atoms with van der Waals surface area (Å²) in [5.74, 6) is 0.312. The van der Waals surface area contributed by atoms with E-state index in [4.69, 9.17) is 11.6 Å². The van der Waals surface area contributed by atoms with Crippen molar-refractivity contribution >= 4 is 17.5 Å². The molecule has 1 N–H and O–H groups in total. The van der Waals surface area contributed by atoms with Gasteiger partial charge in [0.1, 0.15) is 0 Å². The van der Waals surface area contributed by atoms with E-state index >= 15 is 0 Å². The zero-order chi connectivity index (χ0) is 10.6. The van der Waals surface area contributed by atoms with Gasteiger partial charge >= 0.3 is 0 Å². The Morgan fingerprint density at radius 1 is 1.38 bits per heavy atom. The third kappa shape index (κ3) is 4.51. The summed E-state index contributed by atoms with van der Waals surface area (Å²) >= 11 is 5.58. The van der Waals surface area contributed by atoms with E-state index in [9.17, 15) is 4.79 Å². The van der Waals surface area contributed by atoms with Crippen LogP contribution in [0.1, 0.15) is 34.6 Å². The molecule has 0 fully saturated rings. The highest BCUT2D eigenvalue weighted by molar-refractivity contribution is 6.19. The number of amides is 1. The summed E-state index contributed by atoms with van der Waals surface area (Å²) in [6.07, 6.45) is 0. The summed E-state index contributed by atoms with van der Waals surface area (Å²) in [7, 11) is 0. The van der Waals surface area contributed by atoms with Crippen molar-refractivity contribution in [1.29, 1.82) is 0 Å². The Balaban J connectivity index is 4.07. The lowest BCUT2D eigenvalue weighted by Gasteiger charge is -2.28. The molecule has 0 saturated carbocycles. The minimum absolute atomic E-state index is 0.0393. The number of halogens is 1. The quantitative estimate of drug-likeness (QED) is 0.705. The number of nitrogens with one attached hydrogen (secondary N) is 1. The van der Waals surface area contributed by atoms with Gasteiger partial charge in [-0.05, 0) is 12.3 Å². The molecule has 0 aromatic carbocycles.